The zero-order chi connectivity index (χ0) is 16.7. The van der Waals surface area contributed by atoms with E-state index in [0.717, 1.165) is 0 Å². The highest BCUT2D eigenvalue weighted by molar-refractivity contribution is 5.94. The Balaban J connectivity index is 4.48. The van der Waals surface area contributed by atoms with E-state index in [-0.39, 0.29) is 13.1 Å². The number of aliphatic carboxylic acids is 4. The average Bonchev–Trinajstić information content (AvgIpc) is 2.26. The summed E-state index contributed by atoms with van der Waals surface area (Å²) in [6, 6.07) is -2.58. The van der Waals surface area contributed by atoms with Gasteiger partial charge in [-0.3, -0.25) is 19.2 Å². The molecule has 11 nitrogen and oxygen atoms in total. The Morgan fingerprint density at radius 2 is 0.952 bits per heavy atom. The van der Waals surface area contributed by atoms with E-state index in [1.54, 1.807) is 0 Å². The first-order chi connectivity index (χ1) is 9.59. The van der Waals surface area contributed by atoms with Crippen molar-refractivity contribution in [2.24, 2.45) is 23.3 Å². The van der Waals surface area contributed by atoms with Gasteiger partial charge in [0.05, 0.1) is 0 Å². The topological polar surface area (TPSA) is 213 Å². The zero-order valence-corrected chi connectivity index (χ0v) is 10.8. The monoisotopic (exact) mass is 307 g/mol. The molecule has 0 aromatic carbocycles. The van der Waals surface area contributed by atoms with E-state index < -0.39 is 47.8 Å². The van der Waals surface area contributed by atoms with Crippen LogP contribution in [-0.2, 0) is 19.2 Å². The molecule has 0 spiro atoms. The molecule has 2 unspecified atom stereocenters. The van der Waals surface area contributed by atoms with Gasteiger partial charge in [0.25, 0.3) is 0 Å². The quantitative estimate of drug-likeness (QED) is 0.199. The highest BCUT2D eigenvalue weighted by atomic mass is 16.4. The third kappa shape index (κ3) is 5.72. The van der Waals surface area contributed by atoms with Crippen LogP contribution in [0.2, 0.25) is 0 Å². The van der Waals surface area contributed by atoms with Gasteiger partial charge in [0.2, 0.25) is 0 Å². The summed E-state index contributed by atoms with van der Waals surface area (Å²) < 4.78 is 0. The lowest BCUT2D eigenvalue weighted by molar-refractivity contribution is -0.157. The van der Waals surface area contributed by atoms with Gasteiger partial charge in [0.15, 0.2) is 11.8 Å². The molecule has 2 atom stereocenters. The molecule has 0 aliphatic heterocycles. The molecule has 0 amide bonds. The number of nitrogens with one attached hydrogen (secondary N) is 1. The lowest BCUT2D eigenvalue weighted by Gasteiger charge is -2.20. The van der Waals surface area contributed by atoms with Gasteiger partial charge >= 0.3 is 23.9 Å². The SMILES string of the molecule is NC(CNCC(N)C(C(=O)O)C(=O)O)C(C(=O)O)C(=O)O. The van der Waals surface area contributed by atoms with Gasteiger partial charge in [-0.15, -0.1) is 0 Å². The van der Waals surface area contributed by atoms with Crippen molar-refractivity contribution in [1.29, 1.82) is 0 Å². The molecule has 0 fully saturated rings. The number of carboxylic acid groups (broad SMARTS) is 4. The van der Waals surface area contributed by atoms with Crippen LogP contribution in [0.3, 0.4) is 0 Å². The molecule has 9 N–H and O–H groups in total. The Morgan fingerprint density at radius 3 is 1.14 bits per heavy atom. The van der Waals surface area contributed by atoms with Gasteiger partial charge in [-0.1, -0.05) is 0 Å². The number of carbonyl (C=O) groups is 4. The third-order valence-electron chi connectivity index (χ3n) is 2.68. The van der Waals surface area contributed by atoms with Crippen LogP contribution in [0.1, 0.15) is 0 Å². The van der Waals surface area contributed by atoms with E-state index in [4.69, 9.17) is 31.9 Å². The van der Waals surface area contributed by atoms with Gasteiger partial charge in [-0.25, -0.2) is 0 Å². The highest BCUT2D eigenvalue weighted by Crippen LogP contribution is 2.04. The van der Waals surface area contributed by atoms with Crippen molar-refractivity contribution in [1.82, 2.24) is 5.32 Å². The van der Waals surface area contributed by atoms with Crippen molar-refractivity contribution in [3.63, 3.8) is 0 Å². The number of hydrogen-bond acceptors (Lipinski definition) is 7. The lowest BCUT2D eigenvalue weighted by Crippen LogP contribution is -2.51. The van der Waals surface area contributed by atoms with E-state index in [1.807, 2.05) is 0 Å². The molecule has 0 aromatic rings. The van der Waals surface area contributed by atoms with Crippen LogP contribution in [0.4, 0.5) is 0 Å². The summed E-state index contributed by atoms with van der Waals surface area (Å²) in [6.07, 6.45) is 0. The zero-order valence-electron chi connectivity index (χ0n) is 10.8. The summed E-state index contributed by atoms with van der Waals surface area (Å²) >= 11 is 0. The number of carboxylic acids is 4. The molecule has 0 heterocycles. The number of nitrogens with two attached hydrogens (primary N) is 2. The van der Waals surface area contributed by atoms with Gasteiger partial charge in [0.1, 0.15) is 0 Å². The van der Waals surface area contributed by atoms with Crippen LogP contribution in [0.25, 0.3) is 0 Å². The minimum Gasteiger partial charge on any atom is -0.481 e. The molecule has 0 aliphatic rings. The van der Waals surface area contributed by atoms with E-state index in [1.165, 1.54) is 0 Å². The standard InChI is InChI=1S/C10H17N3O8/c11-3(5(7(14)15)8(16)17)1-13-2-4(12)6(9(18)19)10(20)21/h3-6,13H,1-2,11-12H2,(H,14,15)(H,16,17)(H,18,19)(H,20,21). The average molecular weight is 307 g/mol. The molecule has 21 heavy (non-hydrogen) atoms. The van der Waals surface area contributed by atoms with E-state index in [9.17, 15) is 19.2 Å². The molecular formula is C10H17N3O8. The predicted octanol–water partition coefficient (Wildman–Crippen LogP) is -3.20. The van der Waals surface area contributed by atoms with Crippen molar-refractivity contribution in [3.05, 3.63) is 0 Å². The fourth-order valence-corrected chi connectivity index (χ4v) is 1.60. The second-order valence-electron chi connectivity index (χ2n) is 4.29. The Kier molecular flexibility index (Phi) is 7.27. The van der Waals surface area contributed by atoms with Crippen LogP contribution < -0.4 is 16.8 Å². The maximum atomic E-state index is 10.7. The summed E-state index contributed by atoms with van der Waals surface area (Å²) in [5.74, 6) is -10.2. The first-order valence-corrected chi connectivity index (χ1v) is 5.72. The molecule has 0 aromatic heterocycles. The van der Waals surface area contributed by atoms with E-state index in [2.05, 4.69) is 5.32 Å². The Morgan fingerprint density at radius 1 is 0.714 bits per heavy atom. The number of hydrogen-bond donors (Lipinski definition) is 7. The summed E-state index contributed by atoms with van der Waals surface area (Å²) in [5, 5.41) is 37.2. The fraction of sp³-hybridized carbons (Fsp3) is 0.600. The Bertz CT molecular complexity index is 361. The van der Waals surface area contributed by atoms with Crippen LogP contribution >= 0.6 is 0 Å². The van der Waals surface area contributed by atoms with Crippen LogP contribution in [0, 0.1) is 11.8 Å². The molecule has 120 valence electrons. The van der Waals surface area contributed by atoms with Crippen molar-refractivity contribution in [2.75, 3.05) is 13.1 Å². The first-order valence-electron chi connectivity index (χ1n) is 5.72. The molecule has 11 heteroatoms. The van der Waals surface area contributed by atoms with Crippen LogP contribution in [0.5, 0.6) is 0 Å². The molecule has 0 radical (unpaired) electrons. The van der Waals surface area contributed by atoms with Gasteiger partial charge in [-0.05, 0) is 0 Å². The molecule has 0 aliphatic carbocycles. The minimum absolute atomic E-state index is 0.289. The normalized spacial score (nSPS) is 13.9. The van der Waals surface area contributed by atoms with Crippen molar-refractivity contribution >= 4 is 23.9 Å². The largest absolute Gasteiger partial charge is 0.481 e. The van der Waals surface area contributed by atoms with E-state index >= 15 is 0 Å². The Hall–Kier alpha value is -2.24. The summed E-state index contributed by atoms with van der Waals surface area (Å²) in [5.41, 5.74) is 10.8. The smallest absolute Gasteiger partial charge is 0.319 e. The van der Waals surface area contributed by atoms with Crippen molar-refractivity contribution < 1.29 is 39.6 Å². The molecule has 0 saturated heterocycles. The van der Waals surface area contributed by atoms with Crippen molar-refractivity contribution in [3.8, 4) is 0 Å². The van der Waals surface area contributed by atoms with E-state index in [0.29, 0.717) is 0 Å². The summed E-state index contributed by atoms with van der Waals surface area (Å²) in [7, 11) is 0. The third-order valence-corrected chi connectivity index (χ3v) is 2.68. The number of rotatable bonds is 10. The van der Waals surface area contributed by atoms with Gasteiger partial charge < -0.3 is 37.2 Å². The highest BCUT2D eigenvalue weighted by Gasteiger charge is 2.34. The Labute approximate surface area is 118 Å². The molecule has 0 rings (SSSR count). The minimum atomic E-state index is -1.84. The van der Waals surface area contributed by atoms with Crippen LogP contribution in [-0.4, -0.2) is 69.5 Å². The maximum Gasteiger partial charge on any atom is 0.319 e. The van der Waals surface area contributed by atoms with Gasteiger partial charge in [-0.2, -0.15) is 0 Å². The second-order valence-corrected chi connectivity index (χ2v) is 4.29. The van der Waals surface area contributed by atoms with Crippen molar-refractivity contribution in [2.45, 2.75) is 12.1 Å². The molecular weight excluding hydrogens is 290 g/mol. The first kappa shape index (κ1) is 18.8. The second kappa shape index (κ2) is 8.14. The summed E-state index contributed by atoms with van der Waals surface area (Å²) in [4.78, 5) is 42.8. The van der Waals surface area contributed by atoms with Crippen LogP contribution in [0.15, 0.2) is 0 Å². The maximum absolute atomic E-state index is 10.7. The molecule has 0 bridgehead atoms. The predicted molar refractivity (Wildman–Crippen MR) is 66.3 cm³/mol. The lowest BCUT2D eigenvalue weighted by atomic mass is 9.99. The fourth-order valence-electron chi connectivity index (χ4n) is 1.60. The molecule has 0 saturated carbocycles. The van der Waals surface area contributed by atoms with Gasteiger partial charge in [0, 0.05) is 25.2 Å². The summed E-state index contributed by atoms with van der Waals surface area (Å²) in [6.45, 7) is -0.578.